The average Bonchev–Trinajstić information content (AvgIpc) is 2.64. The minimum Gasteiger partial charge on any atom is -0.491 e. The number of hydrogen-bond acceptors (Lipinski definition) is 5. The molecule has 0 saturated heterocycles. The summed E-state index contributed by atoms with van der Waals surface area (Å²) in [6, 6.07) is 4.97. The van der Waals surface area contributed by atoms with Crippen LogP contribution in [0.5, 0.6) is 17.2 Å². The molecule has 0 aliphatic heterocycles. The zero-order valence-electron chi connectivity index (χ0n) is 19.7. The lowest BCUT2D eigenvalue weighted by atomic mass is 10.1. The zero-order valence-corrected chi connectivity index (χ0v) is 19.7. The molecule has 0 aliphatic rings. The third-order valence-corrected chi connectivity index (χ3v) is 4.56. The quantitative estimate of drug-likeness (QED) is 0.190. The standard InChI is InChI=1S/C25H40O5/c1-18(2)11-7-9-13-24(26)29-22-16-15-21(28-20(5)6)17-23(22)30-25(27)14-10-8-12-19(3)4/h15-20H,7-14H2,1-6H3. The number of rotatable bonds is 14. The van der Waals surface area contributed by atoms with Crippen LogP contribution < -0.4 is 14.2 Å². The van der Waals surface area contributed by atoms with Crippen molar-refractivity contribution in [3.63, 3.8) is 0 Å². The van der Waals surface area contributed by atoms with Gasteiger partial charge in [0, 0.05) is 18.9 Å². The van der Waals surface area contributed by atoms with Gasteiger partial charge in [-0.1, -0.05) is 53.4 Å². The summed E-state index contributed by atoms with van der Waals surface area (Å²) in [4.78, 5) is 24.5. The zero-order chi connectivity index (χ0) is 22.5. The van der Waals surface area contributed by atoms with Gasteiger partial charge in [-0.05, 0) is 50.7 Å². The number of benzene rings is 1. The minimum absolute atomic E-state index is 0.0149. The van der Waals surface area contributed by atoms with E-state index in [1.165, 1.54) is 0 Å². The molecule has 0 N–H and O–H groups in total. The van der Waals surface area contributed by atoms with Gasteiger partial charge in [-0.15, -0.1) is 0 Å². The van der Waals surface area contributed by atoms with Gasteiger partial charge in [0.15, 0.2) is 11.5 Å². The molecule has 0 fully saturated rings. The van der Waals surface area contributed by atoms with Crippen LogP contribution in [0.2, 0.25) is 0 Å². The monoisotopic (exact) mass is 420 g/mol. The summed E-state index contributed by atoms with van der Waals surface area (Å²) in [7, 11) is 0. The molecule has 1 aromatic carbocycles. The van der Waals surface area contributed by atoms with Gasteiger partial charge >= 0.3 is 11.9 Å². The molecular weight excluding hydrogens is 380 g/mol. The number of ether oxygens (including phenoxy) is 3. The fraction of sp³-hybridized carbons (Fsp3) is 0.680. The van der Waals surface area contributed by atoms with Crippen LogP contribution in [-0.4, -0.2) is 18.0 Å². The van der Waals surface area contributed by atoms with Crippen LogP contribution in [0.4, 0.5) is 0 Å². The number of unbranched alkanes of at least 4 members (excludes halogenated alkanes) is 2. The van der Waals surface area contributed by atoms with Crippen LogP contribution in [0.25, 0.3) is 0 Å². The van der Waals surface area contributed by atoms with Gasteiger partial charge in [-0.25, -0.2) is 0 Å². The molecule has 0 amide bonds. The van der Waals surface area contributed by atoms with Gasteiger partial charge < -0.3 is 14.2 Å². The van der Waals surface area contributed by atoms with E-state index < -0.39 is 0 Å². The predicted molar refractivity (Wildman–Crippen MR) is 120 cm³/mol. The van der Waals surface area contributed by atoms with E-state index in [4.69, 9.17) is 14.2 Å². The third-order valence-electron chi connectivity index (χ3n) is 4.56. The lowest BCUT2D eigenvalue weighted by Crippen LogP contribution is -2.13. The van der Waals surface area contributed by atoms with Crippen LogP contribution in [0.3, 0.4) is 0 Å². The fourth-order valence-corrected chi connectivity index (χ4v) is 2.99. The number of carbonyl (C=O) groups is 2. The summed E-state index contributed by atoms with van der Waals surface area (Å²) >= 11 is 0. The molecule has 0 radical (unpaired) electrons. The summed E-state index contributed by atoms with van der Waals surface area (Å²) in [6.45, 7) is 12.5. The number of hydrogen-bond donors (Lipinski definition) is 0. The molecule has 30 heavy (non-hydrogen) atoms. The van der Waals surface area contributed by atoms with Crippen molar-refractivity contribution in [3.8, 4) is 17.2 Å². The molecule has 0 aliphatic carbocycles. The van der Waals surface area contributed by atoms with Crippen molar-refractivity contribution in [3.05, 3.63) is 18.2 Å². The largest absolute Gasteiger partial charge is 0.491 e. The smallest absolute Gasteiger partial charge is 0.311 e. The summed E-state index contributed by atoms with van der Waals surface area (Å²) in [6.07, 6.45) is 6.40. The Hall–Kier alpha value is -2.04. The van der Waals surface area contributed by atoms with Crippen molar-refractivity contribution in [2.45, 2.75) is 99.0 Å². The van der Waals surface area contributed by atoms with Crippen LogP contribution in [-0.2, 0) is 9.59 Å². The van der Waals surface area contributed by atoms with Gasteiger partial charge in [-0.3, -0.25) is 9.59 Å². The van der Waals surface area contributed by atoms with E-state index in [0.29, 0.717) is 30.4 Å². The first-order valence-electron chi connectivity index (χ1n) is 11.4. The lowest BCUT2D eigenvalue weighted by molar-refractivity contribution is -0.137. The van der Waals surface area contributed by atoms with Crippen LogP contribution in [0.15, 0.2) is 18.2 Å². The van der Waals surface area contributed by atoms with Crippen LogP contribution in [0, 0.1) is 11.8 Å². The second-order valence-corrected chi connectivity index (χ2v) is 9.00. The molecule has 5 heteroatoms. The Bertz CT molecular complexity index is 649. The lowest BCUT2D eigenvalue weighted by Gasteiger charge is -2.14. The molecule has 0 saturated carbocycles. The maximum atomic E-state index is 12.3. The van der Waals surface area contributed by atoms with E-state index in [1.54, 1.807) is 18.2 Å². The minimum atomic E-state index is -0.324. The van der Waals surface area contributed by atoms with Crippen molar-refractivity contribution in [2.24, 2.45) is 11.8 Å². The third kappa shape index (κ3) is 11.8. The Balaban J connectivity index is 2.72. The SMILES string of the molecule is CC(C)CCCCC(=O)Oc1ccc(OC(C)C)cc1OC(=O)CCCCC(C)C. The van der Waals surface area contributed by atoms with E-state index in [-0.39, 0.29) is 29.5 Å². The molecule has 0 spiro atoms. The van der Waals surface area contributed by atoms with Gasteiger partial charge in [-0.2, -0.15) is 0 Å². The predicted octanol–water partition coefficient (Wildman–Crippen LogP) is 6.72. The van der Waals surface area contributed by atoms with Crippen LogP contribution >= 0.6 is 0 Å². The molecule has 0 aromatic heterocycles. The maximum absolute atomic E-state index is 12.3. The summed E-state index contributed by atoms with van der Waals surface area (Å²) in [5.41, 5.74) is 0. The molecule has 170 valence electrons. The highest BCUT2D eigenvalue weighted by Crippen LogP contribution is 2.33. The molecule has 0 heterocycles. The van der Waals surface area contributed by atoms with E-state index in [0.717, 1.165) is 38.5 Å². The highest BCUT2D eigenvalue weighted by Gasteiger charge is 2.16. The Kier molecular flexibility index (Phi) is 12.2. The normalized spacial score (nSPS) is 11.2. The highest BCUT2D eigenvalue weighted by atomic mass is 16.6. The second kappa shape index (κ2) is 14.1. The number of esters is 2. The Labute approximate surface area is 182 Å². The first kappa shape index (κ1) is 26.0. The summed E-state index contributed by atoms with van der Waals surface area (Å²) in [5, 5.41) is 0. The summed E-state index contributed by atoms with van der Waals surface area (Å²) < 4.78 is 16.7. The molecule has 0 bridgehead atoms. The van der Waals surface area contributed by atoms with Gasteiger partial charge in [0.1, 0.15) is 5.75 Å². The van der Waals surface area contributed by atoms with E-state index in [2.05, 4.69) is 27.7 Å². The average molecular weight is 421 g/mol. The Morgan fingerprint density at radius 3 is 1.70 bits per heavy atom. The summed E-state index contributed by atoms with van der Waals surface area (Å²) in [5.74, 6) is 1.68. The topological polar surface area (TPSA) is 61.8 Å². The first-order valence-corrected chi connectivity index (χ1v) is 11.4. The highest BCUT2D eigenvalue weighted by molar-refractivity contribution is 5.76. The molecule has 1 rings (SSSR count). The molecule has 1 aromatic rings. The Morgan fingerprint density at radius 1 is 0.733 bits per heavy atom. The van der Waals surface area contributed by atoms with E-state index >= 15 is 0 Å². The molecule has 0 atom stereocenters. The maximum Gasteiger partial charge on any atom is 0.311 e. The number of carbonyl (C=O) groups excluding carboxylic acids is 2. The second-order valence-electron chi connectivity index (χ2n) is 9.00. The fourth-order valence-electron chi connectivity index (χ4n) is 2.99. The van der Waals surface area contributed by atoms with Gasteiger partial charge in [0.2, 0.25) is 0 Å². The van der Waals surface area contributed by atoms with E-state index in [9.17, 15) is 9.59 Å². The molecule has 0 unspecified atom stereocenters. The van der Waals surface area contributed by atoms with Crippen molar-refractivity contribution < 1.29 is 23.8 Å². The molecular formula is C25H40O5. The van der Waals surface area contributed by atoms with E-state index in [1.807, 2.05) is 13.8 Å². The van der Waals surface area contributed by atoms with Crippen molar-refractivity contribution >= 4 is 11.9 Å². The van der Waals surface area contributed by atoms with Crippen molar-refractivity contribution in [2.75, 3.05) is 0 Å². The van der Waals surface area contributed by atoms with Gasteiger partial charge in [0.25, 0.3) is 0 Å². The van der Waals surface area contributed by atoms with Crippen molar-refractivity contribution in [1.29, 1.82) is 0 Å². The molecule has 5 nitrogen and oxygen atoms in total. The van der Waals surface area contributed by atoms with Gasteiger partial charge in [0.05, 0.1) is 6.10 Å². The van der Waals surface area contributed by atoms with Crippen LogP contribution in [0.1, 0.15) is 92.9 Å². The van der Waals surface area contributed by atoms with Crippen molar-refractivity contribution in [1.82, 2.24) is 0 Å². The first-order chi connectivity index (χ1) is 14.2. The Morgan fingerprint density at radius 2 is 1.23 bits per heavy atom.